The summed E-state index contributed by atoms with van der Waals surface area (Å²) in [6, 6.07) is 8.39. The van der Waals surface area contributed by atoms with Gasteiger partial charge in [0.05, 0.1) is 12.6 Å². The molecule has 1 aromatic carbocycles. The number of rotatable bonds is 5. The van der Waals surface area contributed by atoms with Crippen molar-refractivity contribution in [3.05, 3.63) is 29.8 Å². The van der Waals surface area contributed by atoms with Gasteiger partial charge in [-0.15, -0.1) is 0 Å². The van der Waals surface area contributed by atoms with Crippen LogP contribution in [0.2, 0.25) is 0 Å². The maximum Gasteiger partial charge on any atom is 0.239 e. The van der Waals surface area contributed by atoms with Crippen molar-refractivity contribution in [3.8, 4) is 5.75 Å². The number of ether oxygens (including phenoxy) is 1. The van der Waals surface area contributed by atoms with Crippen molar-refractivity contribution in [1.29, 1.82) is 0 Å². The van der Waals surface area contributed by atoms with Gasteiger partial charge in [0.1, 0.15) is 5.75 Å². The van der Waals surface area contributed by atoms with Crippen LogP contribution in [0, 0.1) is 0 Å². The van der Waals surface area contributed by atoms with Gasteiger partial charge in [0.2, 0.25) is 5.91 Å². The number of amides is 1. The summed E-state index contributed by atoms with van der Waals surface area (Å²) in [5, 5.41) is 3.37. The fraction of sp³-hybridized carbons (Fsp3) is 0.632. The summed E-state index contributed by atoms with van der Waals surface area (Å²) in [4.78, 5) is 17.0. The molecule has 1 aromatic rings. The van der Waals surface area contributed by atoms with Crippen LogP contribution in [-0.2, 0) is 11.3 Å². The smallest absolute Gasteiger partial charge is 0.239 e. The van der Waals surface area contributed by atoms with Crippen molar-refractivity contribution < 1.29 is 9.53 Å². The van der Waals surface area contributed by atoms with E-state index < -0.39 is 0 Å². The maximum atomic E-state index is 12.5. The van der Waals surface area contributed by atoms with Crippen molar-refractivity contribution >= 4 is 5.91 Å². The standard InChI is InChI=1S/C19H29N3O2/c1-2-24-17-8-6-16(7-9-17)15-21-11-13-22(14-12-21)19(23)18-5-3-4-10-20-18/h6-9,18,20H,2-5,10-15H2,1H3. The Morgan fingerprint density at radius 3 is 2.54 bits per heavy atom. The van der Waals surface area contributed by atoms with Gasteiger partial charge in [-0.1, -0.05) is 18.6 Å². The van der Waals surface area contributed by atoms with Gasteiger partial charge >= 0.3 is 0 Å². The van der Waals surface area contributed by atoms with Crippen LogP contribution in [0.3, 0.4) is 0 Å². The molecule has 2 heterocycles. The molecule has 1 N–H and O–H groups in total. The molecule has 0 radical (unpaired) electrons. The van der Waals surface area contributed by atoms with E-state index in [2.05, 4.69) is 22.3 Å². The highest BCUT2D eigenvalue weighted by Crippen LogP contribution is 2.16. The predicted octanol–water partition coefficient (Wildman–Crippen LogP) is 1.87. The SMILES string of the molecule is CCOc1ccc(CN2CCN(C(=O)C3CCCCN3)CC2)cc1. The zero-order valence-electron chi connectivity index (χ0n) is 14.7. The van der Waals surface area contributed by atoms with Crippen LogP contribution < -0.4 is 10.1 Å². The normalized spacial score (nSPS) is 22.4. The average Bonchev–Trinajstić information content (AvgIpc) is 2.64. The Morgan fingerprint density at radius 1 is 1.17 bits per heavy atom. The molecule has 0 aliphatic carbocycles. The number of carbonyl (C=O) groups excluding carboxylic acids is 1. The summed E-state index contributed by atoms with van der Waals surface area (Å²) in [5.41, 5.74) is 1.30. The van der Waals surface area contributed by atoms with Crippen molar-refractivity contribution in [1.82, 2.24) is 15.1 Å². The molecule has 1 unspecified atom stereocenters. The number of hydrogen-bond donors (Lipinski definition) is 1. The minimum Gasteiger partial charge on any atom is -0.494 e. The van der Waals surface area contributed by atoms with E-state index in [1.165, 1.54) is 18.4 Å². The topological polar surface area (TPSA) is 44.8 Å². The van der Waals surface area contributed by atoms with Crippen molar-refractivity contribution in [2.75, 3.05) is 39.3 Å². The molecular weight excluding hydrogens is 302 g/mol. The fourth-order valence-corrected chi connectivity index (χ4v) is 3.53. The average molecular weight is 331 g/mol. The van der Waals surface area contributed by atoms with Crippen LogP contribution in [0.25, 0.3) is 0 Å². The Bertz CT molecular complexity index is 518. The summed E-state index contributed by atoms with van der Waals surface area (Å²) in [7, 11) is 0. The molecule has 132 valence electrons. The lowest BCUT2D eigenvalue weighted by Gasteiger charge is -2.37. The number of benzene rings is 1. The molecule has 2 saturated heterocycles. The number of carbonyl (C=O) groups is 1. The largest absolute Gasteiger partial charge is 0.494 e. The molecule has 2 aliphatic rings. The molecule has 2 fully saturated rings. The highest BCUT2D eigenvalue weighted by atomic mass is 16.5. The first-order valence-electron chi connectivity index (χ1n) is 9.22. The molecule has 5 nitrogen and oxygen atoms in total. The van der Waals surface area contributed by atoms with E-state index in [9.17, 15) is 4.79 Å². The second-order valence-electron chi connectivity index (χ2n) is 6.68. The van der Waals surface area contributed by atoms with Crippen LogP contribution >= 0.6 is 0 Å². The zero-order valence-corrected chi connectivity index (χ0v) is 14.7. The first-order chi connectivity index (χ1) is 11.8. The quantitative estimate of drug-likeness (QED) is 0.895. The number of piperidine rings is 1. The van der Waals surface area contributed by atoms with E-state index in [0.29, 0.717) is 12.5 Å². The third-order valence-corrected chi connectivity index (χ3v) is 4.93. The van der Waals surface area contributed by atoms with E-state index in [1.807, 2.05) is 24.0 Å². The van der Waals surface area contributed by atoms with Crippen LogP contribution in [0.15, 0.2) is 24.3 Å². The Hall–Kier alpha value is -1.59. The molecule has 2 aliphatic heterocycles. The van der Waals surface area contributed by atoms with E-state index in [1.54, 1.807) is 0 Å². The maximum absolute atomic E-state index is 12.5. The lowest BCUT2D eigenvalue weighted by atomic mass is 10.0. The Balaban J connectivity index is 1.45. The van der Waals surface area contributed by atoms with Crippen LogP contribution in [0.4, 0.5) is 0 Å². The summed E-state index contributed by atoms with van der Waals surface area (Å²) >= 11 is 0. The lowest BCUT2D eigenvalue weighted by molar-refractivity contribution is -0.135. The molecule has 3 rings (SSSR count). The summed E-state index contributed by atoms with van der Waals surface area (Å²) in [6.45, 7) is 8.20. The van der Waals surface area contributed by atoms with Gasteiger partial charge in [-0.25, -0.2) is 0 Å². The number of piperazine rings is 1. The molecule has 5 heteroatoms. The number of nitrogens with one attached hydrogen (secondary N) is 1. The highest BCUT2D eigenvalue weighted by Gasteiger charge is 2.28. The second-order valence-corrected chi connectivity index (χ2v) is 6.68. The Kier molecular flexibility index (Phi) is 6.10. The molecule has 1 amide bonds. The summed E-state index contributed by atoms with van der Waals surface area (Å²) in [6.07, 6.45) is 3.35. The van der Waals surface area contributed by atoms with Crippen LogP contribution in [0.1, 0.15) is 31.7 Å². The minimum atomic E-state index is 0.0522. The van der Waals surface area contributed by atoms with Gasteiger partial charge < -0.3 is 15.0 Å². The third-order valence-electron chi connectivity index (χ3n) is 4.93. The van der Waals surface area contributed by atoms with Gasteiger partial charge in [0.15, 0.2) is 0 Å². The monoisotopic (exact) mass is 331 g/mol. The first kappa shape index (κ1) is 17.2. The summed E-state index contributed by atoms with van der Waals surface area (Å²) < 4.78 is 5.49. The van der Waals surface area contributed by atoms with Gasteiger partial charge in [0, 0.05) is 32.7 Å². The van der Waals surface area contributed by atoms with E-state index in [-0.39, 0.29) is 6.04 Å². The lowest BCUT2D eigenvalue weighted by Crippen LogP contribution is -2.54. The zero-order chi connectivity index (χ0) is 16.8. The first-order valence-corrected chi connectivity index (χ1v) is 9.22. The van der Waals surface area contributed by atoms with Crippen molar-refractivity contribution in [3.63, 3.8) is 0 Å². The molecule has 0 spiro atoms. The molecule has 0 aromatic heterocycles. The van der Waals surface area contributed by atoms with Crippen molar-refractivity contribution in [2.45, 2.75) is 38.8 Å². The minimum absolute atomic E-state index is 0.0522. The molecule has 1 atom stereocenters. The fourth-order valence-electron chi connectivity index (χ4n) is 3.53. The molecule has 0 bridgehead atoms. The number of nitrogens with zero attached hydrogens (tertiary/aromatic N) is 2. The van der Waals surface area contributed by atoms with E-state index in [0.717, 1.165) is 51.4 Å². The Labute approximate surface area is 145 Å². The highest BCUT2D eigenvalue weighted by molar-refractivity contribution is 5.82. The molecule has 24 heavy (non-hydrogen) atoms. The molecular formula is C19H29N3O2. The summed E-state index contributed by atoms with van der Waals surface area (Å²) in [5.74, 6) is 1.23. The second kappa shape index (κ2) is 8.49. The van der Waals surface area contributed by atoms with Gasteiger partial charge in [-0.05, 0) is 44.0 Å². The van der Waals surface area contributed by atoms with Gasteiger partial charge in [-0.2, -0.15) is 0 Å². The predicted molar refractivity (Wildman–Crippen MR) is 95.1 cm³/mol. The van der Waals surface area contributed by atoms with E-state index >= 15 is 0 Å². The van der Waals surface area contributed by atoms with E-state index in [4.69, 9.17) is 4.74 Å². The van der Waals surface area contributed by atoms with Crippen LogP contribution in [-0.4, -0.2) is 61.1 Å². The van der Waals surface area contributed by atoms with Crippen molar-refractivity contribution in [2.24, 2.45) is 0 Å². The van der Waals surface area contributed by atoms with Crippen LogP contribution in [0.5, 0.6) is 5.75 Å². The van der Waals surface area contributed by atoms with Gasteiger partial charge in [0.25, 0.3) is 0 Å². The number of hydrogen-bond acceptors (Lipinski definition) is 4. The van der Waals surface area contributed by atoms with Gasteiger partial charge in [-0.3, -0.25) is 9.69 Å². The third kappa shape index (κ3) is 4.48. The molecule has 0 saturated carbocycles. The Morgan fingerprint density at radius 2 is 1.92 bits per heavy atom.